The molecular weight excluding hydrogens is 441 g/mol. The molecule has 1 unspecified atom stereocenters. The van der Waals surface area contributed by atoms with Gasteiger partial charge in [-0.15, -0.1) is 0 Å². The molecule has 1 N–H and O–H groups in total. The minimum atomic E-state index is -2.99. The first-order chi connectivity index (χ1) is 13.3. The number of carbonyl (C=O) groups is 2. The highest BCUT2D eigenvalue weighted by Gasteiger charge is 2.36. The maximum atomic E-state index is 13.9. The first-order valence-electron chi connectivity index (χ1n) is 8.41. The van der Waals surface area contributed by atoms with Crippen LogP contribution in [0.1, 0.15) is 12.0 Å². The normalized spacial score (nSPS) is 16.5. The summed E-state index contributed by atoms with van der Waals surface area (Å²) < 4.78 is 44.1. The zero-order chi connectivity index (χ0) is 20.3. The fraction of sp³-hybridized carbons (Fsp3) is 0.263. The fourth-order valence-electron chi connectivity index (χ4n) is 3.01. The SMILES string of the molecule is O=C(NCc1cc(Br)ccc1OC(F)F)C1CC(=O)N(c2ccccc2F)C1. The van der Waals surface area contributed by atoms with Gasteiger partial charge < -0.3 is 15.0 Å². The van der Waals surface area contributed by atoms with Gasteiger partial charge in [-0.05, 0) is 30.3 Å². The van der Waals surface area contributed by atoms with Crippen molar-refractivity contribution in [2.75, 3.05) is 11.4 Å². The molecule has 1 atom stereocenters. The molecule has 3 rings (SSSR count). The van der Waals surface area contributed by atoms with Crippen molar-refractivity contribution in [1.82, 2.24) is 5.32 Å². The molecule has 2 amide bonds. The number of halogens is 4. The van der Waals surface area contributed by atoms with Crippen molar-refractivity contribution in [2.45, 2.75) is 19.6 Å². The van der Waals surface area contributed by atoms with Crippen LogP contribution in [0.4, 0.5) is 18.9 Å². The van der Waals surface area contributed by atoms with Crippen LogP contribution in [0.5, 0.6) is 5.75 Å². The van der Waals surface area contributed by atoms with Crippen molar-refractivity contribution in [1.29, 1.82) is 0 Å². The summed E-state index contributed by atoms with van der Waals surface area (Å²) in [5, 5.41) is 2.63. The van der Waals surface area contributed by atoms with Crippen LogP contribution in [-0.2, 0) is 16.1 Å². The Morgan fingerprint density at radius 1 is 1.29 bits per heavy atom. The molecule has 148 valence electrons. The molecule has 0 radical (unpaired) electrons. The second-order valence-corrected chi connectivity index (χ2v) is 7.12. The van der Waals surface area contributed by atoms with E-state index >= 15 is 0 Å². The van der Waals surface area contributed by atoms with Crippen LogP contribution < -0.4 is 15.0 Å². The van der Waals surface area contributed by atoms with Gasteiger partial charge in [-0.2, -0.15) is 8.78 Å². The second kappa shape index (κ2) is 8.64. The van der Waals surface area contributed by atoms with Crippen LogP contribution >= 0.6 is 15.9 Å². The predicted molar refractivity (Wildman–Crippen MR) is 99.5 cm³/mol. The molecule has 0 saturated carbocycles. The van der Waals surface area contributed by atoms with Crippen molar-refractivity contribution in [3.63, 3.8) is 0 Å². The van der Waals surface area contributed by atoms with E-state index in [-0.39, 0.29) is 36.9 Å². The van der Waals surface area contributed by atoms with Crippen LogP contribution in [0.25, 0.3) is 0 Å². The number of rotatable bonds is 6. The third-order valence-electron chi connectivity index (χ3n) is 4.33. The summed E-state index contributed by atoms with van der Waals surface area (Å²) in [7, 11) is 0. The Kier molecular flexibility index (Phi) is 6.23. The van der Waals surface area contributed by atoms with Gasteiger partial charge in [-0.25, -0.2) is 4.39 Å². The van der Waals surface area contributed by atoms with E-state index in [1.807, 2.05) is 0 Å². The number of nitrogens with one attached hydrogen (secondary N) is 1. The van der Waals surface area contributed by atoms with Crippen molar-refractivity contribution >= 4 is 33.4 Å². The zero-order valence-electron chi connectivity index (χ0n) is 14.5. The van der Waals surface area contributed by atoms with Gasteiger partial charge in [0.15, 0.2) is 0 Å². The highest BCUT2D eigenvalue weighted by Crippen LogP contribution is 2.28. The molecule has 1 aliphatic rings. The molecule has 0 aromatic heterocycles. The Hall–Kier alpha value is -2.55. The fourth-order valence-corrected chi connectivity index (χ4v) is 3.42. The summed E-state index contributed by atoms with van der Waals surface area (Å²) in [4.78, 5) is 25.9. The number of amides is 2. The van der Waals surface area contributed by atoms with Gasteiger partial charge in [0.05, 0.1) is 11.6 Å². The van der Waals surface area contributed by atoms with E-state index in [4.69, 9.17) is 0 Å². The summed E-state index contributed by atoms with van der Waals surface area (Å²) in [5.74, 6) is -2.03. The maximum absolute atomic E-state index is 13.9. The molecule has 2 aromatic carbocycles. The molecule has 0 bridgehead atoms. The monoisotopic (exact) mass is 456 g/mol. The number of para-hydroxylation sites is 1. The van der Waals surface area contributed by atoms with Gasteiger partial charge in [-0.3, -0.25) is 9.59 Å². The van der Waals surface area contributed by atoms with Crippen LogP contribution in [-0.4, -0.2) is 25.0 Å². The van der Waals surface area contributed by atoms with E-state index < -0.39 is 24.3 Å². The Balaban J connectivity index is 1.66. The number of ether oxygens (including phenoxy) is 1. The molecule has 5 nitrogen and oxygen atoms in total. The molecule has 9 heteroatoms. The molecular formula is C19H16BrF3N2O3. The molecule has 1 fully saturated rings. The van der Waals surface area contributed by atoms with Gasteiger partial charge in [0.1, 0.15) is 11.6 Å². The molecule has 0 aliphatic carbocycles. The number of alkyl halides is 2. The minimum absolute atomic E-state index is 0.0461. The Morgan fingerprint density at radius 2 is 2.04 bits per heavy atom. The maximum Gasteiger partial charge on any atom is 0.387 e. The highest BCUT2D eigenvalue weighted by molar-refractivity contribution is 9.10. The van der Waals surface area contributed by atoms with Crippen LogP contribution in [0.3, 0.4) is 0 Å². The lowest BCUT2D eigenvalue weighted by Crippen LogP contribution is -2.33. The number of carbonyl (C=O) groups excluding carboxylic acids is 2. The van der Waals surface area contributed by atoms with Crippen molar-refractivity contribution in [3.8, 4) is 5.75 Å². The molecule has 1 aliphatic heterocycles. The Labute approximate surface area is 167 Å². The molecule has 2 aromatic rings. The smallest absolute Gasteiger partial charge is 0.387 e. The van der Waals surface area contributed by atoms with Crippen LogP contribution in [0.15, 0.2) is 46.9 Å². The van der Waals surface area contributed by atoms with E-state index in [0.29, 0.717) is 10.0 Å². The number of anilines is 1. The van der Waals surface area contributed by atoms with Crippen molar-refractivity contribution < 1.29 is 27.5 Å². The largest absolute Gasteiger partial charge is 0.434 e. The van der Waals surface area contributed by atoms with Gasteiger partial charge in [0.25, 0.3) is 0 Å². The predicted octanol–water partition coefficient (Wildman–Crippen LogP) is 3.86. The molecule has 28 heavy (non-hydrogen) atoms. The third-order valence-corrected chi connectivity index (χ3v) is 4.82. The summed E-state index contributed by atoms with van der Waals surface area (Å²) in [6, 6.07) is 10.3. The number of benzene rings is 2. The highest BCUT2D eigenvalue weighted by atomic mass is 79.9. The standard InChI is InChI=1S/C19H16BrF3N2O3/c20-13-5-6-16(28-19(22)23)11(7-13)9-24-18(27)12-8-17(26)25(10-12)15-4-2-1-3-14(15)21/h1-7,12,19H,8-10H2,(H,24,27). The van der Waals surface area contributed by atoms with E-state index in [2.05, 4.69) is 26.0 Å². The Morgan fingerprint density at radius 3 is 2.75 bits per heavy atom. The van der Waals surface area contributed by atoms with E-state index in [1.54, 1.807) is 18.2 Å². The quantitative estimate of drug-likeness (QED) is 0.717. The first kappa shape index (κ1) is 20.2. The third kappa shape index (κ3) is 4.64. The lowest BCUT2D eigenvalue weighted by atomic mass is 10.1. The van der Waals surface area contributed by atoms with Gasteiger partial charge in [-0.1, -0.05) is 28.1 Å². The number of hydrogen-bond donors (Lipinski definition) is 1. The summed E-state index contributed by atoms with van der Waals surface area (Å²) >= 11 is 3.24. The lowest BCUT2D eigenvalue weighted by molar-refractivity contribution is -0.126. The van der Waals surface area contributed by atoms with E-state index in [0.717, 1.165) is 0 Å². The van der Waals surface area contributed by atoms with Gasteiger partial charge in [0.2, 0.25) is 11.8 Å². The number of nitrogens with zero attached hydrogens (tertiary/aromatic N) is 1. The Bertz CT molecular complexity index is 894. The lowest BCUT2D eigenvalue weighted by Gasteiger charge is -2.17. The van der Waals surface area contributed by atoms with Gasteiger partial charge in [0, 0.05) is 29.5 Å². The first-order valence-corrected chi connectivity index (χ1v) is 9.20. The number of hydrogen-bond acceptors (Lipinski definition) is 3. The second-order valence-electron chi connectivity index (χ2n) is 6.21. The zero-order valence-corrected chi connectivity index (χ0v) is 16.1. The van der Waals surface area contributed by atoms with Crippen LogP contribution in [0, 0.1) is 11.7 Å². The molecule has 1 saturated heterocycles. The molecule has 0 spiro atoms. The topological polar surface area (TPSA) is 58.6 Å². The average Bonchev–Trinajstić information content (AvgIpc) is 3.03. The molecule has 1 heterocycles. The summed E-state index contributed by atoms with van der Waals surface area (Å²) in [5.41, 5.74) is 0.487. The summed E-state index contributed by atoms with van der Waals surface area (Å²) in [6.07, 6.45) is -0.0565. The van der Waals surface area contributed by atoms with E-state index in [1.165, 1.54) is 29.2 Å². The van der Waals surface area contributed by atoms with Crippen molar-refractivity contribution in [2.24, 2.45) is 5.92 Å². The van der Waals surface area contributed by atoms with Gasteiger partial charge >= 0.3 is 6.61 Å². The van der Waals surface area contributed by atoms with E-state index in [9.17, 15) is 22.8 Å². The van der Waals surface area contributed by atoms with Crippen molar-refractivity contribution in [3.05, 3.63) is 58.3 Å². The minimum Gasteiger partial charge on any atom is -0.434 e. The average molecular weight is 457 g/mol. The summed E-state index contributed by atoms with van der Waals surface area (Å²) in [6.45, 7) is -2.99. The van der Waals surface area contributed by atoms with Crippen LogP contribution in [0.2, 0.25) is 0 Å².